The van der Waals surface area contributed by atoms with Gasteiger partial charge in [0.25, 0.3) is 0 Å². The van der Waals surface area contributed by atoms with Crippen LogP contribution in [0.25, 0.3) is 0 Å². The maximum atomic E-state index is 8.49. The summed E-state index contributed by atoms with van der Waals surface area (Å²) in [6, 6.07) is 13.0. The fourth-order valence-electron chi connectivity index (χ4n) is 2.48. The highest BCUT2D eigenvalue weighted by atomic mass is 35.7. The Kier molecular flexibility index (Phi) is 7.12. The van der Waals surface area contributed by atoms with Gasteiger partial charge in [0.15, 0.2) is 18.4 Å². The van der Waals surface area contributed by atoms with E-state index in [-0.39, 0.29) is 0 Å². The summed E-state index contributed by atoms with van der Waals surface area (Å²) < 4.78 is 36.3. The SMILES string of the molecule is Cc1ccccc1C(C)C[n+]1cccc(C)c1C.[O-][Cl+3]([O-])([O-])[O-]. The minimum Gasteiger partial charge on any atom is -0.222 e. The smallest absolute Gasteiger partial charge is 0.181 e. The van der Waals surface area contributed by atoms with Crippen LogP contribution in [0.4, 0.5) is 0 Å². The zero-order valence-corrected chi connectivity index (χ0v) is 14.5. The number of rotatable bonds is 3. The summed E-state index contributed by atoms with van der Waals surface area (Å²) in [5.41, 5.74) is 5.55. The van der Waals surface area contributed by atoms with Crippen LogP contribution in [0.3, 0.4) is 0 Å². The summed E-state index contributed by atoms with van der Waals surface area (Å²) in [7, 11) is -4.94. The highest BCUT2D eigenvalue weighted by Gasteiger charge is 2.15. The molecule has 1 atom stereocenters. The van der Waals surface area contributed by atoms with Crippen LogP contribution in [0.5, 0.6) is 0 Å². The summed E-state index contributed by atoms with van der Waals surface area (Å²) in [5.74, 6) is 0.539. The molecule has 126 valence electrons. The molecule has 0 fully saturated rings. The van der Waals surface area contributed by atoms with Crippen LogP contribution in [0.2, 0.25) is 0 Å². The number of hydrogen-bond acceptors (Lipinski definition) is 4. The number of benzene rings is 1. The van der Waals surface area contributed by atoms with E-state index in [2.05, 4.69) is 74.9 Å². The van der Waals surface area contributed by atoms with Gasteiger partial charge < -0.3 is 0 Å². The number of hydrogen-bond donors (Lipinski definition) is 0. The first-order valence-corrected chi connectivity index (χ1v) is 8.46. The van der Waals surface area contributed by atoms with Crippen molar-refractivity contribution in [2.24, 2.45) is 0 Å². The molecular formula is C17H22ClNO4. The van der Waals surface area contributed by atoms with E-state index < -0.39 is 10.2 Å². The summed E-state index contributed by atoms with van der Waals surface area (Å²) >= 11 is 0. The van der Waals surface area contributed by atoms with E-state index >= 15 is 0 Å². The summed E-state index contributed by atoms with van der Waals surface area (Å²) in [6.07, 6.45) is 2.18. The Labute approximate surface area is 139 Å². The van der Waals surface area contributed by atoms with Crippen molar-refractivity contribution in [3.05, 3.63) is 65.0 Å². The third-order valence-electron chi connectivity index (χ3n) is 3.80. The van der Waals surface area contributed by atoms with Crippen molar-refractivity contribution in [3.8, 4) is 0 Å². The highest BCUT2D eigenvalue weighted by Crippen LogP contribution is 2.19. The van der Waals surface area contributed by atoms with E-state index in [0.717, 1.165) is 6.54 Å². The molecule has 0 saturated heterocycles. The first-order chi connectivity index (χ1) is 10.6. The molecule has 0 aliphatic heterocycles. The van der Waals surface area contributed by atoms with E-state index in [9.17, 15) is 0 Å². The first-order valence-electron chi connectivity index (χ1n) is 7.22. The molecule has 1 aromatic carbocycles. The van der Waals surface area contributed by atoms with Crippen molar-refractivity contribution in [1.29, 1.82) is 0 Å². The van der Waals surface area contributed by atoms with Gasteiger partial charge in [-0.25, -0.2) is 23.2 Å². The third-order valence-corrected chi connectivity index (χ3v) is 3.80. The summed E-state index contributed by atoms with van der Waals surface area (Å²) in [4.78, 5) is 0. The van der Waals surface area contributed by atoms with Crippen LogP contribution < -0.4 is 23.2 Å². The second-order valence-corrected chi connectivity index (χ2v) is 6.32. The second-order valence-electron chi connectivity index (χ2n) is 5.56. The molecule has 1 aromatic heterocycles. The van der Waals surface area contributed by atoms with Crippen LogP contribution in [0.1, 0.15) is 35.2 Å². The van der Waals surface area contributed by atoms with Crippen LogP contribution in [0.15, 0.2) is 42.6 Å². The Morgan fingerprint density at radius 2 is 1.43 bits per heavy atom. The molecule has 1 heterocycles. The lowest BCUT2D eigenvalue weighted by Gasteiger charge is -2.17. The van der Waals surface area contributed by atoms with Crippen molar-refractivity contribution >= 4 is 0 Å². The third kappa shape index (κ3) is 7.07. The van der Waals surface area contributed by atoms with Gasteiger partial charge in [-0.05, 0) is 31.0 Å². The molecule has 5 nitrogen and oxygen atoms in total. The van der Waals surface area contributed by atoms with Crippen LogP contribution in [-0.4, -0.2) is 0 Å². The first kappa shape index (κ1) is 19.5. The molecule has 23 heavy (non-hydrogen) atoms. The van der Waals surface area contributed by atoms with Gasteiger partial charge in [-0.3, -0.25) is 0 Å². The molecular weight excluding hydrogens is 318 g/mol. The average molecular weight is 340 g/mol. The van der Waals surface area contributed by atoms with Gasteiger partial charge in [0, 0.05) is 24.5 Å². The minimum absolute atomic E-state index is 0.539. The van der Waals surface area contributed by atoms with Crippen molar-refractivity contribution in [3.63, 3.8) is 0 Å². The number of aromatic nitrogens is 1. The Hall–Kier alpha value is -1.50. The molecule has 0 aliphatic carbocycles. The van der Waals surface area contributed by atoms with Crippen molar-refractivity contribution in [1.82, 2.24) is 0 Å². The van der Waals surface area contributed by atoms with Crippen molar-refractivity contribution in [2.75, 3.05) is 0 Å². The Morgan fingerprint density at radius 3 is 2.00 bits per heavy atom. The summed E-state index contributed by atoms with van der Waals surface area (Å²) in [6.45, 7) is 9.90. The van der Waals surface area contributed by atoms with Gasteiger partial charge in [0.1, 0.15) is 0 Å². The fourth-order valence-corrected chi connectivity index (χ4v) is 2.48. The van der Waals surface area contributed by atoms with Crippen LogP contribution in [0, 0.1) is 31.0 Å². The minimum atomic E-state index is -4.94. The molecule has 0 aliphatic rings. The van der Waals surface area contributed by atoms with E-state index in [4.69, 9.17) is 18.6 Å². The monoisotopic (exact) mass is 339 g/mol. The highest BCUT2D eigenvalue weighted by molar-refractivity contribution is 5.28. The van der Waals surface area contributed by atoms with Gasteiger partial charge in [-0.15, -0.1) is 10.2 Å². The lowest BCUT2D eigenvalue weighted by atomic mass is 9.96. The molecule has 0 radical (unpaired) electrons. The Bertz CT molecular complexity index is 635. The maximum Gasteiger partial charge on any atom is 0.181 e. The molecule has 2 aromatic rings. The summed E-state index contributed by atoms with van der Waals surface area (Å²) in [5, 5.41) is 0. The van der Waals surface area contributed by atoms with Gasteiger partial charge in [-0.2, -0.15) is 0 Å². The van der Waals surface area contributed by atoms with Gasteiger partial charge in [0.2, 0.25) is 0 Å². The van der Waals surface area contributed by atoms with Crippen molar-refractivity contribution in [2.45, 2.75) is 40.2 Å². The van der Waals surface area contributed by atoms with Gasteiger partial charge in [-0.1, -0.05) is 31.2 Å². The van der Waals surface area contributed by atoms with Crippen molar-refractivity contribution < 1.29 is 33.4 Å². The molecule has 6 heteroatoms. The number of pyridine rings is 1. The number of aryl methyl sites for hydroxylation is 2. The molecule has 0 spiro atoms. The van der Waals surface area contributed by atoms with Gasteiger partial charge in [0.05, 0.1) is 0 Å². The van der Waals surface area contributed by atoms with Crippen LogP contribution in [-0.2, 0) is 6.54 Å². The molecule has 0 bridgehead atoms. The van der Waals surface area contributed by atoms with E-state index in [1.807, 2.05) is 0 Å². The number of nitrogens with zero attached hydrogens (tertiary/aromatic N) is 1. The predicted octanol–water partition coefficient (Wildman–Crippen LogP) is -1.05. The topological polar surface area (TPSA) is 96.1 Å². The van der Waals surface area contributed by atoms with E-state index in [0.29, 0.717) is 5.92 Å². The molecule has 0 saturated carbocycles. The lowest BCUT2D eigenvalue weighted by molar-refractivity contribution is -2.00. The Balaban J connectivity index is 0.000000463. The zero-order valence-electron chi connectivity index (χ0n) is 13.8. The quantitative estimate of drug-likeness (QED) is 0.666. The fraction of sp³-hybridized carbons (Fsp3) is 0.353. The Morgan fingerprint density at radius 1 is 0.913 bits per heavy atom. The molecule has 0 N–H and O–H groups in total. The molecule has 2 rings (SSSR count). The van der Waals surface area contributed by atoms with Gasteiger partial charge >= 0.3 is 0 Å². The van der Waals surface area contributed by atoms with E-state index in [1.54, 1.807) is 0 Å². The zero-order chi connectivity index (χ0) is 17.6. The molecule has 1 unspecified atom stereocenters. The normalized spacial score (nSPS) is 12.3. The standard InChI is InChI=1S/C17H22N.ClHO4/c1-13-9-7-11-18(16(13)4)12-15(3)17-10-6-5-8-14(17)2;2-1(3,4)5/h5-11,15H,12H2,1-4H3;(H,2,3,4,5)/q+1;/p-1. The number of halogens is 1. The predicted molar refractivity (Wildman–Crippen MR) is 75.7 cm³/mol. The lowest BCUT2D eigenvalue weighted by Crippen LogP contribution is -2.68. The largest absolute Gasteiger partial charge is 0.222 e. The second kappa shape index (κ2) is 8.38. The maximum absolute atomic E-state index is 8.49. The van der Waals surface area contributed by atoms with Crippen LogP contribution >= 0.6 is 0 Å². The average Bonchev–Trinajstić information content (AvgIpc) is 2.42. The molecule has 0 amide bonds. The van der Waals surface area contributed by atoms with E-state index in [1.165, 1.54) is 22.4 Å².